The minimum atomic E-state index is 0.0161. The van der Waals surface area contributed by atoms with Gasteiger partial charge in [-0.15, -0.1) is 0 Å². The van der Waals surface area contributed by atoms with E-state index < -0.39 is 0 Å². The molecule has 7 heteroatoms. The second kappa shape index (κ2) is 9.88. The quantitative estimate of drug-likeness (QED) is 0.763. The smallest absolute Gasteiger partial charge is 0.234 e. The van der Waals surface area contributed by atoms with E-state index in [1.807, 2.05) is 23.1 Å². The first kappa shape index (κ1) is 21.2. The third-order valence-electron chi connectivity index (χ3n) is 6.99. The molecular formula is C23H34N4O3. The molecule has 2 saturated heterocycles. The first-order valence-corrected chi connectivity index (χ1v) is 11.3. The number of carbonyl (C=O) groups excluding carboxylic acids is 2. The Hall–Kier alpha value is -1.99. The fourth-order valence-electron chi connectivity index (χ4n) is 5.37. The lowest BCUT2D eigenvalue weighted by atomic mass is 9.77. The number of amides is 2. The lowest BCUT2D eigenvalue weighted by Crippen LogP contribution is -2.52. The van der Waals surface area contributed by atoms with Gasteiger partial charge >= 0.3 is 0 Å². The molecule has 3 fully saturated rings. The Bertz CT molecular complexity index is 722. The Morgan fingerprint density at radius 1 is 1.13 bits per heavy atom. The maximum Gasteiger partial charge on any atom is 0.234 e. The van der Waals surface area contributed by atoms with Crippen molar-refractivity contribution in [2.75, 3.05) is 39.8 Å². The Morgan fingerprint density at radius 3 is 2.60 bits per heavy atom. The molecule has 0 spiro atoms. The lowest BCUT2D eigenvalue weighted by molar-refractivity contribution is -0.129. The minimum Gasteiger partial charge on any atom is -0.379 e. The SMILES string of the molecule is CO[C@H]1C[C@@H]2CN(C(=O)Cc3ccccn3)C[C@@H]2C[C@@H]1NC(=O)CN1CCCCC1. The molecule has 7 nitrogen and oxygen atoms in total. The van der Waals surface area contributed by atoms with Gasteiger partial charge in [-0.25, -0.2) is 0 Å². The standard InChI is InChI=1S/C23H34N4O3/c1-30-21-12-18-15-27(23(29)13-19-7-3-4-8-24-19)14-17(18)11-20(21)25-22(28)16-26-9-5-2-6-10-26/h3-4,7-8,17-18,20-21H,2,5-6,9-16H2,1H3,(H,25,28)/t17-,18+,20-,21-/m0/s1. The third kappa shape index (κ3) is 5.19. The summed E-state index contributed by atoms with van der Waals surface area (Å²) in [5.74, 6) is 1.11. The topological polar surface area (TPSA) is 74.8 Å². The number of fused-ring (bicyclic) bond motifs is 1. The van der Waals surface area contributed by atoms with Crippen molar-refractivity contribution in [1.29, 1.82) is 0 Å². The molecule has 4 rings (SSSR count). The predicted octanol–water partition coefficient (Wildman–Crippen LogP) is 1.48. The highest BCUT2D eigenvalue weighted by Gasteiger charge is 2.44. The first-order valence-electron chi connectivity index (χ1n) is 11.3. The van der Waals surface area contributed by atoms with E-state index >= 15 is 0 Å². The maximum atomic E-state index is 12.8. The highest BCUT2D eigenvalue weighted by atomic mass is 16.5. The van der Waals surface area contributed by atoms with Crippen LogP contribution in [0.5, 0.6) is 0 Å². The van der Waals surface area contributed by atoms with E-state index in [2.05, 4.69) is 15.2 Å². The summed E-state index contributed by atoms with van der Waals surface area (Å²) in [5.41, 5.74) is 0.815. The zero-order valence-electron chi connectivity index (χ0n) is 18.0. The number of carbonyl (C=O) groups is 2. The Kier molecular flexibility index (Phi) is 7.00. The normalized spacial score (nSPS) is 29.4. The molecule has 0 bridgehead atoms. The molecule has 1 N–H and O–H groups in total. The van der Waals surface area contributed by atoms with Gasteiger partial charge in [-0.1, -0.05) is 12.5 Å². The molecular weight excluding hydrogens is 380 g/mol. The van der Waals surface area contributed by atoms with Crippen LogP contribution >= 0.6 is 0 Å². The summed E-state index contributed by atoms with van der Waals surface area (Å²) < 4.78 is 5.75. The summed E-state index contributed by atoms with van der Waals surface area (Å²) in [7, 11) is 1.73. The van der Waals surface area contributed by atoms with Crippen molar-refractivity contribution in [3.05, 3.63) is 30.1 Å². The van der Waals surface area contributed by atoms with E-state index in [-0.39, 0.29) is 24.0 Å². The van der Waals surface area contributed by atoms with Crippen molar-refractivity contribution in [2.45, 2.75) is 50.7 Å². The van der Waals surface area contributed by atoms with E-state index in [1.165, 1.54) is 19.3 Å². The van der Waals surface area contributed by atoms with Crippen molar-refractivity contribution in [3.8, 4) is 0 Å². The number of hydrogen-bond acceptors (Lipinski definition) is 5. The van der Waals surface area contributed by atoms with Crippen LogP contribution in [-0.4, -0.2) is 78.6 Å². The third-order valence-corrected chi connectivity index (χ3v) is 6.99. The van der Waals surface area contributed by atoms with E-state index in [9.17, 15) is 9.59 Å². The molecule has 1 aromatic rings. The summed E-state index contributed by atoms with van der Waals surface area (Å²) in [6.45, 7) is 4.07. The van der Waals surface area contributed by atoms with Crippen molar-refractivity contribution < 1.29 is 14.3 Å². The molecule has 2 amide bonds. The number of likely N-dealkylation sites (tertiary alicyclic amines) is 2. The summed E-state index contributed by atoms with van der Waals surface area (Å²) in [6.07, 6.45) is 7.50. The van der Waals surface area contributed by atoms with Gasteiger partial charge in [-0.3, -0.25) is 19.5 Å². The van der Waals surface area contributed by atoms with E-state index in [4.69, 9.17) is 4.74 Å². The van der Waals surface area contributed by atoms with Crippen LogP contribution in [0.2, 0.25) is 0 Å². The number of ether oxygens (including phenoxy) is 1. The van der Waals surface area contributed by atoms with Gasteiger partial charge < -0.3 is 15.0 Å². The van der Waals surface area contributed by atoms with Gasteiger partial charge in [-0.2, -0.15) is 0 Å². The fraction of sp³-hybridized carbons (Fsp3) is 0.696. The molecule has 0 unspecified atom stereocenters. The van der Waals surface area contributed by atoms with Crippen LogP contribution in [-0.2, 0) is 20.7 Å². The average molecular weight is 415 g/mol. The summed E-state index contributed by atoms with van der Waals surface area (Å²) in [4.78, 5) is 33.9. The van der Waals surface area contributed by atoms with Gasteiger partial charge in [0.15, 0.2) is 0 Å². The second-order valence-corrected chi connectivity index (χ2v) is 9.07. The molecule has 1 aliphatic carbocycles. The minimum absolute atomic E-state index is 0.0161. The van der Waals surface area contributed by atoms with E-state index in [1.54, 1.807) is 13.3 Å². The maximum absolute atomic E-state index is 12.8. The summed E-state index contributed by atoms with van der Waals surface area (Å²) in [6, 6.07) is 5.71. The Labute approximate surface area is 179 Å². The summed E-state index contributed by atoms with van der Waals surface area (Å²) in [5, 5.41) is 3.24. The van der Waals surface area contributed by atoms with Gasteiger partial charge in [0.1, 0.15) is 0 Å². The highest BCUT2D eigenvalue weighted by Crippen LogP contribution is 2.37. The zero-order valence-corrected chi connectivity index (χ0v) is 18.0. The van der Waals surface area contributed by atoms with Gasteiger partial charge in [0, 0.05) is 32.1 Å². The van der Waals surface area contributed by atoms with Crippen molar-refractivity contribution in [3.63, 3.8) is 0 Å². The van der Waals surface area contributed by atoms with Crippen molar-refractivity contribution in [2.24, 2.45) is 11.8 Å². The molecule has 1 saturated carbocycles. The van der Waals surface area contributed by atoms with E-state index in [0.717, 1.165) is 44.7 Å². The van der Waals surface area contributed by atoms with Crippen LogP contribution in [0.1, 0.15) is 37.8 Å². The van der Waals surface area contributed by atoms with Crippen LogP contribution in [0.25, 0.3) is 0 Å². The van der Waals surface area contributed by atoms with E-state index in [0.29, 0.717) is 24.8 Å². The fourth-order valence-corrected chi connectivity index (χ4v) is 5.37. The number of nitrogens with zero attached hydrogens (tertiary/aromatic N) is 3. The van der Waals surface area contributed by atoms with Crippen LogP contribution in [0, 0.1) is 11.8 Å². The number of hydrogen-bond donors (Lipinski definition) is 1. The molecule has 2 aliphatic heterocycles. The lowest BCUT2D eigenvalue weighted by Gasteiger charge is -2.38. The highest BCUT2D eigenvalue weighted by molar-refractivity contribution is 5.79. The zero-order chi connectivity index (χ0) is 20.9. The van der Waals surface area contributed by atoms with Gasteiger partial charge in [0.2, 0.25) is 11.8 Å². The van der Waals surface area contributed by atoms with Crippen LogP contribution in [0.3, 0.4) is 0 Å². The molecule has 30 heavy (non-hydrogen) atoms. The summed E-state index contributed by atoms with van der Waals surface area (Å²) >= 11 is 0. The van der Waals surface area contributed by atoms with Crippen LogP contribution in [0.15, 0.2) is 24.4 Å². The van der Waals surface area contributed by atoms with Crippen LogP contribution < -0.4 is 5.32 Å². The van der Waals surface area contributed by atoms with Gasteiger partial charge in [0.05, 0.1) is 25.1 Å². The number of pyridine rings is 1. The molecule has 3 aliphatic rings. The Morgan fingerprint density at radius 2 is 1.90 bits per heavy atom. The number of nitrogens with one attached hydrogen (secondary N) is 1. The first-order chi connectivity index (χ1) is 14.6. The molecule has 1 aromatic heterocycles. The molecule has 0 radical (unpaired) electrons. The molecule has 3 heterocycles. The average Bonchev–Trinajstić information content (AvgIpc) is 3.17. The number of rotatable bonds is 6. The Balaban J connectivity index is 1.31. The van der Waals surface area contributed by atoms with Crippen molar-refractivity contribution >= 4 is 11.8 Å². The predicted molar refractivity (Wildman–Crippen MR) is 114 cm³/mol. The molecule has 0 aromatic carbocycles. The largest absolute Gasteiger partial charge is 0.379 e. The number of aromatic nitrogens is 1. The molecule has 4 atom stereocenters. The number of methoxy groups -OCH3 is 1. The van der Waals surface area contributed by atoms with Gasteiger partial charge in [0.25, 0.3) is 0 Å². The van der Waals surface area contributed by atoms with Crippen LogP contribution in [0.4, 0.5) is 0 Å². The van der Waals surface area contributed by atoms with Crippen molar-refractivity contribution in [1.82, 2.24) is 20.1 Å². The second-order valence-electron chi connectivity index (χ2n) is 9.07. The van der Waals surface area contributed by atoms with Gasteiger partial charge in [-0.05, 0) is 62.7 Å². The number of piperidine rings is 1. The monoisotopic (exact) mass is 414 g/mol. The molecule has 164 valence electrons.